The lowest BCUT2D eigenvalue weighted by atomic mass is 9.61. The van der Waals surface area contributed by atoms with Crippen molar-refractivity contribution in [3.05, 3.63) is 23.3 Å². The molecule has 1 N–H and O–H groups in total. The first-order valence-corrected chi connectivity index (χ1v) is 6.42. The minimum Gasteiger partial charge on any atom is -0.463 e. The lowest BCUT2D eigenvalue weighted by Gasteiger charge is -2.43. The van der Waals surface area contributed by atoms with Gasteiger partial charge in [-0.25, -0.2) is 4.79 Å². The second-order valence-electron chi connectivity index (χ2n) is 5.27. The van der Waals surface area contributed by atoms with Gasteiger partial charge in [-0.15, -0.1) is 0 Å². The number of esters is 1. The van der Waals surface area contributed by atoms with E-state index in [1.807, 2.05) is 6.92 Å². The van der Waals surface area contributed by atoms with Crippen LogP contribution in [0.2, 0.25) is 0 Å². The third-order valence-electron chi connectivity index (χ3n) is 4.41. The molecule has 5 atom stereocenters. The second-order valence-corrected chi connectivity index (χ2v) is 5.27. The average Bonchev–Trinajstić information content (AvgIpc) is 2.74. The summed E-state index contributed by atoms with van der Waals surface area (Å²) in [6.45, 7) is 3.97. The van der Waals surface area contributed by atoms with Gasteiger partial charge in [0.2, 0.25) is 0 Å². The van der Waals surface area contributed by atoms with Gasteiger partial charge in [-0.3, -0.25) is 0 Å². The molecule has 0 aromatic rings. The van der Waals surface area contributed by atoms with Gasteiger partial charge in [-0.05, 0) is 43.6 Å². The SMILES string of the molecule is CCOC(=O)C1=C([C@H](C)O)[C@H]2[C@@H]1[C@@H]1C=C[C@H]2C1. The maximum Gasteiger partial charge on any atom is 0.334 e. The van der Waals surface area contributed by atoms with Crippen molar-refractivity contribution in [2.75, 3.05) is 6.61 Å². The number of aliphatic hydroxyl groups excluding tert-OH is 1. The van der Waals surface area contributed by atoms with Crippen LogP contribution in [-0.4, -0.2) is 23.8 Å². The van der Waals surface area contributed by atoms with Crippen LogP contribution in [0.1, 0.15) is 20.3 Å². The number of aliphatic hydroxyl groups is 1. The van der Waals surface area contributed by atoms with Gasteiger partial charge >= 0.3 is 5.97 Å². The summed E-state index contributed by atoms with van der Waals surface area (Å²) in [4.78, 5) is 11.9. The molecule has 2 bridgehead atoms. The zero-order valence-corrected chi connectivity index (χ0v) is 10.2. The van der Waals surface area contributed by atoms with Crippen LogP contribution in [-0.2, 0) is 9.53 Å². The van der Waals surface area contributed by atoms with E-state index in [1.54, 1.807) is 6.92 Å². The van der Waals surface area contributed by atoms with Crippen LogP contribution in [0, 0.1) is 23.7 Å². The maximum absolute atomic E-state index is 11.9. The molecule has 3 nitrogen and oxygen atoms in total. The third kappa shape index (κ3) is 1.35. The molecule has 0 aromatic carbocycles. The van der Waals surface area contributed by atoms with E-state index in [-0.39, 0.29) is 5.97 Å². The van der Waals surface area contributed by atoms with Crippen LogP contribution >= 0.6 is 0 Å². The Kier molecular flexibility index (Phi) is 2.40. The predicted molar refractivity (Wildman–Crippen MR) is 63.1 cm³/mol. The zero-order valence-electron chi connectivity index (χ0n) is 10.2. The standard InChI is InChI=1S/C14H18O3/c1-3-17-14(16)13-10(7(2)15)11-8-4-5-9(6-8)12(11)13/h4-5,7-9,11-12,15H,3,6H2,1-2H3/t7-,8-,9+,11-,12-/m0/s1. The summed E-state index contributed by atoms with van der Waals surface area (Å²) < 4.78 is 5.11. The molecule has 0 radical (unpaired) electrons. The van der Waals surface area contributed by atoms with Crippen molar-refractivity contribution >= 4 is 5.97 Å². The van der Waals surface area contributed by atoms with Crippen molar-refractivity contribution < 1.29 is 14.6 Å². The third-order valence-corrected chi connectivity index (χ3v) is 4.41. The predicted octanol–water partition coefficient (Wildman–Crippen LogP) is 1.68. The smallest absolute Gasteiger partial charge is 0.334 e. The summed E-state index contributed by atoms with van der Waals surface area (Å²) in [6.07, 6.45) is 5.08. The minimum atomic E-state index is -0.525. The molecule has 0 heterocycles. The molecule has 1 saturated carbocycles. The number of hydrogen-bond acceptors (Lipinski definition) is 3. The minimum absolute atomic E-state index is 0.217. The van der Waals surface area contributed by atoms with E-state index in [2.05, 4.69) is 12.2 Å². The Balaban J connectivity index is 1.94. The average molecular weight is 234 g/mol. The second kappa shape index (κ2) is 3.70. The van der Waals surface area contributed by atoms with E-state index in [0.717, 1.165) is 17.6 Å². The lowest BCUT2D eigenvalue weighted by Crippen LogP contribution is -2.42. The van der Waals surface area contributed by atoms with E-state index in [4.69, 9.17) is 4.74 Å². The van der Waals surface area contributed by atoms with Crippen molar-refractivity contribution in [2.45, 2.75) is 26.4 Å². The number of rotatable bonds is 3. The monoisotopic (exact) mass is 234 g/mol. The molecule has 3 rings (SSSR count). The van der Waals surface area contributed by atoms with E-state index in [1.165, 1.54) is 0 Å². The number of carbonyl (C=O) groups is 1. The van der Waals surface area contributed by atoms with Crippen LogP contribution in [0.3, 0.4) is 0 Å². The van der Waals surface area contributed by atoms with Crippen LogP contribution in [0.5, 0.6) is 0 Å². The summed E-state index contributed by atoms with van der Waals surface area (Å²) in [5.74, 6) is 1.52. The Labute approximate surface area is 101 Å². The first kappa shape index (κ1) is 11.0. The fourth-order valence-corrected chi connectivity index (χ4v) is 3.88. The Morgan fingerprint density at radius 2 is 2.12 bits per heavy atom. The van der Waals surface area contributed by atoms with Gasteiger partial charge in [-0.1, -0.05) is 12.2 Å². The summed E-state index contributed by atoms with van der Waals surface area (Å²) in [5, 5.41) is 9.85. The summed E-state index contributed by atoms with van der Waals surface area (Å²) >= 11 is 0. The molecule has 3 aliphatic rings. The van der Waals surface area contributed by atoms with Gasteiger partial charge in [0.1, 0.15) is 0 Å². The molecule has 1 fully saturated rings. The van der Waals surface area contributed by atoms with Crippen molar-refractivity contribution in [2.24, 2.45) is 23.7 Å². The summed E-state index contributed by atoms with van der Waals surface area (Å²) in [7, 11) is 0. The lowest BCUT2D eigenvalue weighted by molar-refractivity contribution is -0.140. The molecular formula is C14H18O3. The normalized spacial score (nSPS) is 39.0. The highest BCUT2D eigenvalue weighted by atomic mass is 16.5. The largest absolute Gasteiger partial charge is 0.463 e. The fourth-order valence-electron chi connectivity index (χ4n) is 3.88. The topological polar surface area (TPSA) is 46.5 Å². The first-order chi connectivity index (χ1) is 8.15. The number of hydrogen-bond donors (Lipinski definition) is 1. The van der Waals surface area contributed by atoms with Crippen molar-refractivity contribution in [1.82, 2.24) is 0 Å². The molecule has 0 aliphatic heterocycles. The molecule has 0 amide bonds. The zero-order chi connectivity index (χ0) is 12.2. The Morgan fingerprint density at radius 1 is 1.47 bits per heavy atom. The quantitative estimate of drug-likeness (QED) is 0.597. The van der Waals surface area contributed by atoms with Crippen molar-refractivity contribution in [3.63, 3.8) is 0 Å². The molecule has 3 aliphatic carbocycles. The Bertz CT molecular complexity index is 419. The number of allylic oxidation sites excluding steroid dienone is 2. The van der Waals surface area contributed by atoms with Crippen LogP contribution in [0.4, 0.5) is 0 Å². The van der Waals surface area contributed by atoms with Gasteiger partial charge in [0.05, 0.1) is 12.7 Å². The highest BCUT2D eigenvalue weighted by Crippen LogP contribution is 2.61. The van der Waals surface area contributed by atoms with Crippen molar-refractivity contribution in [3.8, 4) is 0 Å². The molecule has 0 saturated heterocycles. The number of carbonyl (C=O) groups excluding carboxylic acids is 1. The molecule has 0 unspecified atom stereocenters. The van der Waals surface area contributed by atoms with Gasteiger partial charge in [-0.2, -0.15) is 0 Å². The van der Waals surface area contributed by atoms with E-state index in [9.17, 15) is 9.90 Å². The highest BCUT2D eigenvalue weighted by molar-refractivity contribution is 5.93. The molecule has 3 heteroatoms. The molecule has 17 heavy (non-hydrogen) atoms. The molecule has 0 spiro atoms. The van der Waals surface area contributed by atoms with Crippen LogP contribution in [0.25, 0.3) is 0 Å². The van der Waals surface area contributed by atoms with Crippen LogP contribution < -0.4 is 0 Å². The molecule has 0 aromatic heterocycles. The maximum atomic E-state index is 11.9. The molecule has 92 valence electrons. The van der Waals surface area contributed by atoms with E-state index in [0.29, 0.717) is 30.3 Å². The Morgan fingerprint density at radius 3 is 2.71 bits per heavy atom. The van der Waals surface area contributed by atoms with Crippen molar-refractivity contribution in [1.29, 1.82) is 0 Å². The highest BCUT2D eigenvalue weighted by Gasteiger charge is 2.57. The van der Waals surface area contributed by atoms with Gasteiger partial charge < -0.3 is 9.84 Å². The fraction of sp³-hybridized carbons (Fsp3) is 0.643. The first-order valence-electron chi connectivity index (χ1n) is 6.42. The van der Waals surface area contributed by atoms with Crippen LogP contribution in [0.15, 0.2) is 23.3 Å². The van der Waals surface area contributed by atoms with E-state index < -0.39 is 6.10 Å². The Hall–Kier alpha value is -1.09. The number of fused-ring (bicyclic) bond motifs is 5. The van der Waals surface area contributed by atoms with Gasteiger partial charge in [0, 0.05) is 11.5 Å². The van der Waals surface area contributed by atoms with E-state index >= 15 is 0 Å². The summed E-state index contributed by atoms with van der Waals surface area (Å²) in [5.41, 5.74) is 1.70. The van der Waals surface area contributed by atoms with Gasteiger partial charge in [0.25, 0.3) is 0 Å². The molecular weight excluding hydrogens is 216 g/mol. The van der Waals surface area contributed by atoms with Gasteiger partial charge in [0.15, 0.2) is 0 Å². The number of ether oxygens (including phenoxy) is 1. The summed E-state index contributed by atoms with van der Waals surface area (Å²) in [6, 6.07) is 0.